The maximum Gasteiger partial charge on any atom is 0.153 e. The molecule has 0 atom stereocenters. The van der Waals surface area contributed by atoms with Crippen LogP contribution in [-0.2, 0) is 0 Å². The maximum atomic E-state index is 10.8. The Bertz CT molecular complexity index is 508. The Hall–Kier alpha value is -1.41. The zero-order valence-electron chi connectivity index (χ0n) is 7.62. The summed E-state index contributed by atoms with van der Waals surface area (Å²) in [5, 5.41) is 1.25. The van der Waals surface area contributed by atoms with Crippen molar-refractivity contribution in [2.45, 2.75) is 6.92 Å². The van der Waals surface area contributed by atoms with Crippen LogP contribution < -0.4 is 0 Å². The molecule has 0 aliphatic carbocycles. The monoisotopic (exact) mass is 205 g/mol. The van der Waals surface area contributed by atoms with Crippen molar-refractivity contribution in [2.24, 2.45) is 0 Å². The molecule has 1 aromatic heterocycles. The van der Waals surface area contributed by atoms with Gasteiger partial charge in [0.25, 0.3) is 0 Å². The summed E-state index contributed by atoms with van der Waals surface area (Å²) in [5.74, 6) is 0. The summed E-state index contributed by atoms with van der Waals surface area (Å²) < 4.78 is 0. The highest BCUT2D eigenvalue weighted by atomic mass is 35.5. The van der Waals surface area contributed by atoms with Crippen molar-refractivity contribution in [2.75, 3.05) is 0 Å². The van der Waals surface area contributed by atoms with Crippen LogP contribution in [0, 0.1) is 6.92 Å². The van der Waals surface area contributed by atoms with Gasteiger partial charge >= 0.3 is 0 Å². The molecular weight excluding hydrogens is 198 g/mol. The Labute approximate surface area is 86.5 Å². The first-order valence-corrected chi connectivity index (χ1v) is 4.62. The molecule has 0 bridgehead atoms. The van der Waals surface area contributed by atoms with E-state index in [9.17, 15) is 4.79 Å². The lowest BCUT2D eigenvalue weighted by atomic mass is 10.1. The van der Waals surface area contributed by atoms with Gasteiger partial charge in [-0.25, -0.2) is 4.98 Å². The van der Waals surface area contributed by atoms with Gasteiger partial charge in [0.1, 0.15) is 5.15 Å². The van der Waals surface area contributed by atoms with Crippen molar-refractivity contribution < 1.29 is 4.79 Å². The van der Waals surface area contributed by atoms with Gasteiger partial charge in [-0.05, 0) is 18.6 Å². The second kappa shape index (κ2) is 3.39. The van der Waals surface area contributed by atoms with Crippen molar-refractivity contribution in [1.82, 2.24) is 4.98 Å². The van der Waals surface area contributed by atoms with Gasteiger partial charge in [-0.1, -0.05) is 29.8 Å². The first kappa shape index (κ1) is 9.16. The number of fused-ring (bicyclic) bond motifs is 1. The number of aldehydes is 1. The Morgan fingerprint density at radius 1 is 1.36 bits per heavy atom. The van der Waals surface area contributed by atoms with Crippen LogP contribution in [0.4, 0.5) is 0 Å². The van der Waals surface area contributed by atoms with Crippen LogP contribution in [-0.4, -0.2) is 11.3 Å². The predicted molar refractivity (Wildman–Crippen MR) is 56.9 cm³/mol. The lowest BCUT2D eigenvalue weighted by Crippen LogP contribution is -1.93. The highest BCUT2D eigenvalue weighted by Crippen LogP contribution is 2.24. The SMILES string of the molecule is Cc1c(C=O)c(Cl)nc2ccccc12. The number of benzene rings is 1. The molecule has 0 amide bonds. The number of hydrogen-bond acceptors (Lipinski definition) is 2. The van der Waals surface area contributed by atoms with E-state index in [1.807, 2.05) is 31.2 Å². The second-order valence-electron chi connectivity index (χ2n) is 3.08. The van der Waals surface area contributed by atoms with Crippen molar-refractivity contribution in [3.8, 4) is 0 Å². The quantitative estimate of drug-likeness (QED) is 0.529. The minimum Gasteiger partial charge on any atom is -0.298 e. The zero-order chi connectivity index (χ0) is 10.1. The van der Waals surface area contributed by atoms with Gasteiger partial charge in [0.2, 0.25) is 0 Å². The summed E-state index contributed by atoms with van der Waals surface area (Å²) in [6.45, 7) is 1.87. The van der Waals surface area contributed by atoms with Crippen LogP contribution in [0.1, 0.15) is 15.9 Å². The number of rotatable bonds is 1. The third kappa shape index (κ3) is 1.28. The van der Waals surface area contributed by atoms with E-state index < -0.39 is 0 Å². The number of pyridine rings is 1. The Morgan fingerprint density at radius 3 is 2.79 bits per heavy atom. The maximum absolute atomic E-state index is 10.8. The van der Waals surface area contributed by atoms with E-state index >= 15 is 0 Å². The summed E-state index contributed by atoms with van der Waals surface area (Å²) in [5.41, 5.74) is 2.18. The molecule has 14 heavy (non-hydrogen) atoms. The highest BCUT2D eigenvalue weighted by Gasteiger charge is 2.08. The van der Waals surface area contributed by atoms with Crippen LogP contribution in [0.25, 0.3) is 10.9 Å². The molecule has 2 rings (SSSR count). The molecule has 0 saturated heterocycles. The van der Waals surface area contributed by atoms with E-state index in [4.69, 9.17) is 11.6 Å². The molecule has 2 nitrogen and oxygen atoms in total. The minimum absolute atomic E-state index is 0.274. The minimum atomic E-state index is 0.274. The van der Waals surface area contributed by atoms with Gasteiger partial charge in [-0.3, -0.25) is 4.79 Å². The van der Waals surface area contributed by atoms with Crippen LogP contribution in [0.2, 0.25) is 5.15 Å². The van der Waals surface area contributed by atoms with Crippen LogP contribution in [0.5, 0.6) is 0 Å². The molecule has 1 aromatic carbocycles. The van der Waals surface area contributed by atoms with Gasteiger partial charge in [0, 0.05) is 5.39 Å². The van der Waals surface area contributed by atoms with Gasteiger partial charge in [0.05, 0.1) is 11.1 Å². The normalized spacial score (nSPS) is 10.4. The number of para-hydroxylation sites is 1. The summed E-state index contributed by atoms with van der Waals surface area (Å²) in [4.78, 5) is 14.9. The number of hydrogen-bond donors (Lipinski definition) is 0. The summed E-state index contributed by atoms with van der Waals surface area (Å²) in [6, 6.07) is 7.62. The number of nitrogens with zero attached hydrogens (tertiary/aromatic N) is 1. The molecule has 1 heterocycles. The van der Waals surface area contributed by atoms with Crippen molar-refractivity contribution in [3.63, 3.8) is 0 Å². The first-order chi connectivity index (χ1) is 6.74. The van der Waals surface area contributed by atoms with Crippen LogP contribution >= 0.6 is 11.6 Å². The number of carbonyl (C=O) groups is 1. The standard InChI is InChI=1S/C11H8ClNO/c1-7-8-4-2-3-5-10(8)13-11(12)9(7)6-14/h2-6H,1H3. The van der Waals surface area contributed by atoms with E-state index in [1.54, 1.807) is 0 Å². The lowest BCUT2D eigenvalue weighted by molar-refractivity contribution is 0.112. The molecule has 0 aliphatic heterocycles. The molecule has 0 radical (unpaired) electrons. The summed E-state index contributed by atoms with van der Waals surface area (Å²) in [6.07, 6.45) is 0.747. The molecule has 3 heteroatoms. The van der Waals surface area contributed by atoms with Crippen LogP contribution in [0.3, 0.4) is 0 Å². The van der Waals surface area contributed by atoms with E-state index in [2.05, 4.69) is 4.98 Å². The second-order valence-corrected chi connectivity index (χ2v) is 3.43. The molecule has 0 unspecified atom stereocenters. The van der Waals surface area contributed by atoms with Crippen molar-refractivity contribution in [1.29, 1.82) is 0 Å². The number of carbonyl (C=O) groups excluding carboxylic acids is 1. The number of halogens is 1. The molecule has 0 aliphatic rings. The third-order valence-corrected chi connectivity index (χ3v) is 2.56. The zero-order valence-corrected chi connectivity index (χ0v) is 8.38. The molecule has 2 aromatic rings. The molecule has 70 valence electrons. The van der Waals surface area contributed by atoms with E-state index in [0.717, 1.165) is 22.8 Å². The van der Waals surface area contributed by atoms with Gasteiger partial charge in [0.15, 0.2) is 6.29 Å². The summed E-state index contributed by atoms with van der Waals surface area (Å²) >= 11 is 5.87. The average molecular weight is 206 g/mol. The topological polar surface area (TPSA) is 30.0 Å². The van der Waals surface area contributed by atoms with Gasteiger partial charge < -0.3 is 0 Å². The molecule has 0 fully saturated rings. The fourth-order valence-corrected chi connectivity index (χ4v) is 1.77. The number of aryl methyl sites for hydroxylation is 1. The first-order valence-electron chi connectivity index (χ1n) is 4.24. The largest absolute Gasteiger partial charge is 0.298 e. The predicted octanol–water partition coefficient (Wildman–Crippen LogP) is 3.01. The molecular formula is C11H8ClNO. The number of aromatic nitrogens is 1. The summed E-state index contributed by atoms with van der Waals surface area (Å²) in [7, 11) is 0. The average Bonchev–Trinajstić information content (AvgIpc) is 2.18. The van der Waals surface area contributed by atoms with Gasteiger partial charge in [-0.15, -0.1) is 0 Å². The Balaban J connectivity index is 2.92. The fourth-order valence-electron chi connectivity index (χ4n) is 1.49. The van der Waals surface area contributed by atoms with Crippen molar-refractivity contribution >= 4 is 28.8 Å². The molecule has 0 N–H and O–H groups in total. The lowest BCUT2D eigenvalue weighted by Gasteiger charge is -2.05. The van der Waals surface area contributed by atoms with E-state index in [-0.39, 0.29) is 5.15 Å². The molecule has 0 spiro atoms. The van der Waals surface area contributed by atoms with E-state index in [1.165, 1.54) is 0 Å². The van der Waals surface area contributed by atoms with Gasteiger partial charge in [-0.2, -0.15) is 0 Å². The fraction of sp³-hybridized carbons (Fsp3) is 0.0909. The van der Waals surface area contributed by atoms with Crippen LogP contribution in [0.15, 0.2) is 24.3 Å². The van der Waals surface area contributed by atoms with E-state index in [0.29, 0.717) is 5.56 Å². The van der Waals surface area contributed by atoms with Crippen molar-refractivity contribution in [3.05, 3.63) is 40.5 Å². The smallest absolute Gasteiger partial charge is 0.153 e. The Kier molecular flexibility index (Phi) is 2.22. The molecule has 0 saturated carbocycles. The highest BCUT2D eigenvalue weighted by molar-refractivity contribution is 6.32. The Morgan fingerprint density at radius 2 is 2.07 bits per heavy atom. The third-order valence-electron chi connectivity index (χ3n) is 2.27.